The molecule has 1 saturated heterocycles. The van der Waals surface area contributed by atoms with Crippen LogP contribution in [0.1, 0.15) is 5.56 Å². The van der Waals surface area contributed by atoms with Crippen molar-refractivity contribution in [3.63, 3.8) is 0 Å². The first kappa shape index (κ1) is 22.5. The molecule has 31 heavy (non-hydrogen) atoms. The normalized spacial score (nSPS) is 15.1. The van der Waals surface area contributed by atoms with Gasteiger partial charge in [-0.3, -0.25) is 19.8 Å². The number of anilines is 1. The van der Waals surface area contributed by atoms with Gasteiger partial charge in [0.15, 0.2) is 17.5 Å². The van der Waals surface area contributed by atoms with Crippen LogP contribution in [0.5, 0.6) is 11.5 Å². The fraction of sp³-hybridized carbons (Fsp3) is 0.100. The molecule has 8 nitrogen and oxygen atoms in total. The van der Waals surface area contributed by atoms with Gasteiger partial charge >= 0.3 is 5.97 Å². The van der Waals surface area contributed by atoms with Crippen molar-refractivity contribution < 1.29 is 29.0 Å². The van der Waals surface area contributed by atoms with E-state index in [-0.39, 0.29) is 26.5 Å². The zero-order valence-corrected chi connectivity index (χ0v) is 18.2. The number of rotatable bonds is 6. The third-order valence-electron chi connectivity index (χ3n) is 4.10. The van der Waals surface area contributed by atoms with Crippen molar-refractivity contribution in [1.29, 1.82) is 0 Å². The van der Waals surface area contributed by atoms with Gasteiger partial charge in [0.25, 0.3) is 11.8 Å². The van der Waals surface area contributed by atoms with E-state index >= 15 is 0 Å². The molecule has 0 atom stereocenters. The fourth-order valence-electron chi connectivity index (χ4n) is 2.72. The van der Waals surface area contributed by atoms with E-state index < -0.39 is 24.4 Å². The average Bonchev–Trinajstić information content (AvgIpc) is 2.70. The van der Waals surface area contributed by atoms with Gasteiger partial charge in [0.1, 0.15) is 11.3 Å². The first-order valence-corrected chi connectivity index (χ1v) is 9.77. The summed E-state index contributed by atoms with van der Waals surface area (Å²) in [6.45, 7) is -0.630. The second-order valence-electron chi connectivity index (χ2n) is 6.15. The van der Waals surface area contributed by atoms with Crippen LogP contribution >= 0.6 is 35.4 Å². The molecule has 0 unspecified atom stereocenters. The highest BCUT2D eigenvalue weighted by atomic mass is 35.5. The summed E-state index contributed by atoms with van der Waals surface area (Å²) < 4.78 is 10.2. The topological polar surface area (TPSA) is 105 Å². The minimum atomic E-state index is -1.20. The standard InChI is InChI=1S/C20H14Cl2N2O6S/c1-29-12-4-2-11(3-5-12)24-19(28)13(18(27)23-20(24)31)6-10-7-14(21)17(15(22)8-10)30-9-16(25)26/h2-8H,9H2,1H3,(H,25,26)(H,23,27,31)/b13-6+. The van der Waals surface area contributed by atoms with Crippen LogP contribution in [0.25, 0.3) is 6.08 Å². The summed E-state index contributed by atoms with van der Waals surface area (Å²) in [6.07, 6.45) is 1.30. The van der Waals surface area contributed by atoms with E-state index in [1.54, 1.807) is 24.3 Å². The van der Waals surface area contributed by atoms with E-state index in [0.717, 1.165) is 0 Å². The molecule has 2 aromatic rings. The highest BCUT2D eigenvalue weighted by molar-refractivity contribution is 7.80. The molecule has 2 N–H and O–H groups in total. The molecular formula is C20H14Cl2N2O6S. The maximum absolute atomic E-state index is 13.0. The Morgan fingerprint density at radius 2 is 1.81 bits per heavy atom. The zero-order valence-electron chi connectivity index (χ0n) is 15.8. The molecule has 3 rings (SSSR count). The van der Waals surface area contributed by atoms with E-state index in [4.69, 9.17) is 50.0 Å². The average molecular weight is 481 g/mol. The number of thiocarbonyl (C=S) groups is 1. The van der Waals surface area contributed by atoms with E-state index in [0.29, 0.717) is 17.0 Å². The van der Waals surface area contributed by atoms with Crippen molar-refractivity contribution in [2.75, 3.05) is 18.6 Å². The number of benzene rings is 2. The fourth-order valence-corrected chi connectivity index (χ4v) is 3.62. The Morgan fingerprint density at radius 1 is 1.19 bits per heavy atom. The second kappa shape index (κ2) is 9.34. The van der Waals surface area contributed by atoms with Crippen molar-refractivity contribution in [2.45, 2.75) is 0 Å². The number of ether oxygens (including phenoxy) is 2. The predicted octanol–water partition coefficient (Wildman–Crippen LogP) is 3.30. The molecule has 0 bridgehead atoms. The lowest BCUT2D eigenvalue weighted by atomic mass is 10.1. The van der Waals surface area contributed by atoms with E-state index in [1.807, 2.05) is 0 Å². The number of nitrogens with zero attached hydrogens (tertiary/aromatic N) is 1. The summed E-state index contributed by atoms with van der Waals surface area (Å²) in [4.78, 5) is 37.3. The van der Waals surface area contributed by atoms with Crippen LogP contribution in [0.2, 0.25) is 10.0 Å². The lowest BCUT2D eigenvalue weighted by Gasteiger charge is -2.29. The first-order chi connectivity index (χ1) is 14.7. The number of hydrogen-bond donors (Lipinski definition) is 2. The molecule has 0 aliphatic carbocycles. The summed E-state index contributed by atoms with van der Waals surface area (Å²) in [5.74, 6) is -1.95. The molecule has 0 spiro atoms. The number of hydrogen-bond acceptors (Lipinski definition) is 6. The van der Waals surface area contributed by atoms with Gasteiger partial charge in [-0.2, -0.15) is 0 Å². The highest BCUT2D eigenvalue weighted by Crippen LogP contribution is 2.35. The van der Waals surface area contributed by atoms with Gasteiger partial charge in [-0.25, -0.2) is 4.79 Å². The lowest BCUT2D eigenvalue weighted by molar-refractivity contribution is -0.139. The molecular weight excluding hydrogens is 467 g/mol. The Labute approximate surface area is 191 Å². The quantitative estimate of drug-likeness (QED) is 0.371. The first-order valence-electron chi connectivity index (χ1n) is 8.60. The molecule has 1 fully saturated rings. The SMILES string of the molecule is COc1ccc(N2C(=O)/C(=C/c3cc(Cl)c(OCC(=O)O)c(Cl)c3)C(=O)NC2=S)cc1. The molecule has 2 amide bonds. The van der Waals surface area contributed by atoms with Crippen LogP contribution in [-0.2, 0) is 14.4 Å². The lowest BCUT2D eigenvalue weighted by Crippen LogP contribution is -2.54. The van der Waals surface area contributed by atoms with Crippen LogP contribution in [-0.4, -0.2) is 41.7 Å². The molecule has 2 aromatic carbocycles. The number of methoxy groups -OCH3 is 1. The summed E-state index contributed by atoms with van der Waals surface area (Å²) in [5, 5.41) is 11.2. The molecule has 0 radical (unpaired) electrons. The Hall–Kier alpha value is -3.14. The maximum atomic E-state index is 13.0. The number of aliphatic carboxylic acids is 1. The van der Waals surface area contributed by atoms with Crippen molar-refractivity contribution in [3.8, 4) is 11.5 Å². The minimum absolute atomic E-state index is 0.0201. The number of carboxylic acid groups (broad SMARTS) is 1. The van der Waals surface area contributed by atoms with Gasteiger partial charge in [0.2, 0.25) is 0 Å². The Kier molecular flexibility index (Phi) is 6.79. The predicted molar refractivity (Wildman–Crippen MR) is 119 cm³/mol. The summed E-state index contributed by atoms with van der Waals surface area (Å²) in [7, 11) is 1.51. The number of carbonyl (C=O) groups is 3. The van der Waals surface area contributed by atoms with Crippen LogP contribution < -0.4 is 19.7 Å². The van der Waals surface area contributed by atoms with E-state index in [1.165, 1.54) is 30.2 Å². The third kappa shape index (κ3) is 4.96. The van der Waals surface area contributed by atoms with Gasteiger partial charge < -0.3 is 14.6 Å². The Balaban J connectivity index is 1.95. The minimum Gasteiger partial charge on any atom is -0.497 e. The summed E-state index contributed by atoms with van der Waals surface area (Å²) >= 11 is 17.4. The third-order valence-corrected chi connectivity index (χ3v) is 4.95. The van der Waals surface area contributed by atoms with Crippen LogP contribution in [0.4, 0.5) is 5.69 Å². The van der Waals surface area contributed by atoms with Crippen molar-refractivity contribution >= 4 is 70.1 Å². The molecule has 1 heterocycles. The second-order valence-corrected chi connectivity index (χ2v) is 7.35. The molecule has 1 aliphatic rings. The number of carboxylic acids is 1. The smallest absolute Gasteiger partial charge is 0.341 e. The molecule has 160 valence electrons. The van der Waals surface area contributed by atoms with Gasteiger partial charge in [-0.15, -0.1) is 0 Å². The van der Waals surface area contributed by atoms with Crippen LogP contribution in [0.15, 0.2) is 42.0 Å². The Morgan fingerprint density at radius 3 is 2.35 bits per heavy atom. The van der Waals surface area contributed by atoms with Gasteiger partial charge in [-0.1, -0.05) is 23.2 Å². The van der Waals surface area contributed by atoms with E-state index in [2.05, 4.69) is 5.32 Å². The van der Waals surface area contributed by atoms with Crippen LogP contribution in [0, 0.1) is 0 Å². The number of amides is 2. The van der Waals surface area contributed by atoms with Gasteiger partial charge in [0, 0.05) is 0 Å². The molecule has 0 aromatic heterocycles. The Bertz CT molecular complexity index is 1090. The number of halogens is 2. The zero-order chi connectivity index (χ0) is 22.7. The van der Waals surface area contributed by atoms with Crippen LogP contribution in [0.3, 0.4) is 0 Å². The number of nitrogens with one attached hydrogen (secondary N) is 1. The van der Waals surface area contributed by atoms with Crippen molar-refractivity contribution in [2.24, 2.45) is 0 Å². The summed E-state index contributed by atoms with van der Waals surface area (Å²) in [5.41, 5.74) is 0.574. The largest absolute Gasteiger partial charge is 0.497 e. The van der Waals surface area contributed by atoms with Crippen molar-refractivity contribution in [1.82, 2.24) is 5.32 Å². The number of carbonyl (C=O) groups excluding carboxylic acids is 2. The molecule has 0 saturated carbocycles. The van der Waals surface area contributed by atoms with Crippen molar-refractivity contribution in [3.05, 3.63) is 57.6 Å². The highest BCUT2D eigenvalue weighted by Gasteiger charge is 2.34. The molecule has 11 heteroatoms. The summed E-state index contributed by atoms with van der Waals surface area (Å²) in [6, 6.07) is 9.34. The van der Waals surface area contributed by atoms with E-state index in [9.17, 15) is 14.4 Å². The molecule has 1 aliphatic heterocycles. The maximum Gasteiger partial charge on any atom is 0.341 e. The monoisotopic (exact) mass is 480 g/mol. The van der Waals surface area contributed by atoms with Gasteiger partial charge in [0.05, 0.1) is 22.8 Å². The van der Waals surface area contributed by atoms with Gasteiger partial charge in [-0.05, 0) is 60.3 Å².